The molecule has 0 radical (unpaired) electrons. The average Bonchev–Trinajstić information content (AvgIpc) is 2.70. The molecule has 1 aliphatic rings. The maximum Gasteiger partial charge on any atom is 0.0770 e. The zero-order chi connectivity index (χ0) is 12.5. The number of nitrogens with one attached hydrogen (secondary N) is 1. The number of aliphatic hydroxyl groups is 1. The summed E-state index contributed by atoms with van der Waals surface area (Å²) in [5.41, 5.74) is -0.615. The van der Waals surface area contributed by atoms with Crippen molar-refractivity contribution >= 4 is 11.3 Å². The summed E-state index contributed by atoms with van der Waals surface area (Å²) in [7, 11) is 0. The zero-order valence-corrected chi connectivity index (χ0v) is 11.9. The average molecular weight is 253 g/mol. The van der Waals surface area contributed by atoms with Crippen LogP contribution in [-0.4, -0.2) is 23.8 Å². The molecule has 0 saturated carbocycles. The molecule has 17 heavy (non-hydrogen) atoms. The highest BCUT2D eigenvalue weighted by Crippen LogP contribution is 2.39. The second-order valence-corrected chi connectivity index (χ2v) is 6.99. The van der Waals surface area contributed by atoms with Gasteiger partial charge in [-0.3, -0.25) is 0 Å². The molecule has 0 aliphatic carbocycles. The molecular formula is C14H23NOS. The van der Waals surface area contributed by atoms with Crippen LogP contribution >= 0.6 is 11.3 Å². The smallest absolute Gasteiger partial charge is 0.0770 e. The summed E-state index contributed by atoms with van der Waals surface area (Å²) in [5.74, 6) is 0. The van der Waals surface area contributed by atoms with E-state index in [0.717, 1.165) is 32.4 Å². The van der Waals surface area contributed by atoms with Gasteiger partial charge in [-0.2, -0.15) is 0 Å². The van der Waals surface area contributed by atoms with Gasteiger partial charge in [-0.05, 0) is 31.5 Å². The van der Waals surface area contributed by atoms with Gasteiger partial charge in [-0.25, -0.2) is 0 Å². The monoisotopic (exact) mass is 253 g/mol. The van der Waals surface area contributed by atoms with Crippen LogP contribution in [0.5, 0.6) is 0 Å². The first kappa shape index (κ1) is 13.1. The van der Waals surface area contributed by atoms with Crippen LogP contribution in [0.4, 0.5) is 0 Å². The molecule has 3 heteroatoms. The summed E-state index contributed by atoms with van der Waals surface area (Å²) in [5, 5.41) is 14.3. The van der Waals surface area contributed by atoms with Gasteiger partial charge in [-0.1, -0.05) is 20.8 Å². The van der Waals surface area contributed by atoms with Crippen LogP contribution < -0.4 is 5.32 Å². The van der Waals surface area contributed by atoms with Crippen molar-refractivity contribution in [1.82, 2.24) is 5.32 Å². The van der Waals surface area contributed by atoms with E-state index in [0.29, 0.717) is 0 Å². The molecule has 2 heterocycles. The van der Waals surface area contributed by atoms with E-state index in [-0.39, 0.29) is 5.41 Å². The number of rotatable bonds is 3. The first-order chi connectivity index (χ1) is 7.97. The lowest BCUT2D eigenvalue weighted by Crippen LogP contribution is -2.57. The molecule has 2 rings (SSSR count). The molecule has 1 fully saturated rings. The number of piperidine rings is 1. The Labute approximate surface area is 108 Å². The summed E-state index contributed by atoms with van der Waals surface area (Å²) in [6, 6.07) is 4.37. The van der Waals surface area contributed by atoms with Gasteiger partial charge in [0.25, 0.3) is 0 Å². The van der Waals surface area contributed by atoms with Gasteiger partial charge in [0, 0.05) is 28.1 Å². The minimum atomic E-state index is -0.561. The van der Waals surface area contributed by atoms with Gasteiger partial charge < -0.3 is 10.4 Å². The first-order valence-corrected chi connectivity index (χ1v) is 7.29. The number of hydrogen-bond donors (Lipinski definition) is 2. The Morgan fingerprint density at radius 1 is 1.35 bits per heavy atom. The largest absolute Gasteiger partial charge is 0.389 e. The van der Waals surface area contributed by atoms with Crippen molar-refractivity contribution in [2.24, 2.45) is 5.41 Å². The minimum absolute atomic E-state index is 0.0540. The van der Waals surface area contributed by atoms with Crippen LogP contribution in [0.3, 0.4) is 0 Å². The van der Waals surface area contributed by atoms with Crippen LogP contribution in [0, 0.1) is 5.41 Å². The highest BCUT2D eigenvalue weighted by molar-refractivity contribution is 7.12. The summed E-state index contributed by atoms with van der Waals surface area (Å²) in [4.78, 5) is 2.73. The summed E-state index contributed by atoms with van der Waals surface area (Å²) in [6.07, 6.45) is 2.74. The van der Waals surface area contributed by atoms with Crippen LogP contribution in [-0.2, 0) is 12.8 Å². The Bertz CT molecular complexity index is 385. The van der Waals surface area contributed by atoms with Crippen molar-refractivity contribution in [1.29, 1.82) is 0 Å². The van der Waals surface area contributed by atoms with Crippen molar-refractivity contribution in [3.05, 3.63) is 21.9 Å². The fourth-order valence-corrected chi connectivity index (χ4v) is 3.59. The molecule has 0 aromatic carbocycles. The van der Waals surface area contributed by atoms with Crippen molar-refractivity contribution in [3.63, 3.8) is 0 Å². The minimum Gasteiger partial charge on any atom is -0.389 e. The third-order valence-corrected chi connectivity index (χ3v) is 5.30. The van der Waals surface area contributed by atoms with Crippen LogP contribution in [0.25, 0.3) is 0 Å². The number of hydrogen-bond acceptors (Lipinski definition) is 3. The van der Waals surface area contributed by atoms with Gasteiger partial charge >= 0.3 is 0 Å². The normalized spacial score (nSPS) is 28.2. The lowest BCUT2D eigenvalue weighted by molar-refractivity contribution is -0.0864. The zero-order valence-electron chi connectivity index (χ0n) is 11.0. The molecule has 2 N–H and O–H groups in total. The molecule has 0 amide bonds. The molecule has 1 saturated heterocycles. The molecule has 1 aromatic rings. The Kier molecular flexibility index (Phi) is 3.62. The Morgan fingerprint density at radius 3 is 2.65 bits per heavy atom. The maximum absolute atomic E-state index is 10.9. The van der Waals surface area contributed by atoms with E-state index in [1.165, 1.54) is 9.75 Å². The van der Waals surface area contributed by atoms with Gasteiger partial charge in [-0.15, -0.1) is 11.3 Å². The number of thiophene rings is 1. The Balaban J connectivity index is 2.15. The second kappa shape index (κ2) is 4.71. The van der Waals surface area contributed by atoms with Crippen LogP contribution in [0.2, 0.25) is 0 Å². The van der Waals surface area contributed by atoms with E-state index in [1.807, 2.05) is 11.3 Å². The molecule has 1 atom stereocenters. The highest BCUT2D eigenvalue weighted by atomic mass is 32.1. The summed E-state index contributed by atoms with van der Waals surface area (Å²) in [6.45, 7) is 8.32. The second-order valence-electron chi connectivity index (χ2n) is 5.74. The highest BCUT2D eigenvalue weighted by Gasteiger charge is 2.45. The predicted molar refractivity (Wildman–Crippen MR) is 73.6 cm³/mol. The summed E-state index contributed by atoms with van der Waals surface area (Å²) >= 11 is 1.85. The van der Waals surface area contributed by atoms with Gasteiger partial charge in [0.05, 0.1) is 5.60 Å². The van der Waals surface area contributed by atoms with Gasteiger partial charge in [0.15, 0.2) is 0 Å². The molecule has 1 aliphatic heterocycles. The van der Waals surface area contributed by atoms with E-state index < -0.39 is 5.60 Å². The van der Waals surface area contributed by atoms with Crippen molar-refractivity contribution in [3.8, 4) is 0 Å². The quantitative estimate of drug-likeness (QED) is 0.868. The predicted octanol–water partition coefficient (Wildman–Crippen LogP) is 2.60. The van der Waals surface area contributed by atoms with E-state index in [1.54, 1.807) is 0 Å². The van der Waals surface area contributed by atoms with Gasteiger partial charge in [0.1, 0.15) is 0 Å². The van der Waals surface area contributed by atoms with E-state index >= 15 is 0 Å². The standard InChI is InChI=1S/C14H23NOS/c1-4-11-5-6-12(17-11)9-14(16)7-8-15-10-13(14,2)3/h5-6,15-16H,4,7-10H2,1-3H3. The molecule has 2 nitrogen and oxygen atoms in total. The first-order valence-electron chi connectivity index (χ1n) is 6.47. The molecular weight excluding hydrogens is 230 g/mol. The van der Waals surface area contributed by atoms with Crippen LogP contribution in [0.1, 0.15) is 36.9 Å². The van der Waals surface area contributed by atoms with E-state index in [9.17, 15) is 5.11 Å². The third kappa shape index (κ3) is 2.56. The van der Waals surface area contributed by atoms with Crippen molar-refractivity contribution in [2.75, 3.05) is 13.1 Å². The Morgan fingerprint density at radius 2 is 2.06 bits per heavy atom. The fourth-order valence-electron chi connectivity index (χ4n) is 2.52. The molecule has 1 unspecified atom stereocenters. The van der Waals surface area contributed by atoms with Crippen LogP contribution in [0.15, 0.2) is 12.1 Å². The Hall–Kier alpha value is -0.380. The molecule has 1 aromatic heterocycles. The topological polar surface area (TPSA) is 32.3 Å². The SMILES string of the molecule is CCc1ccc(CC2(O)CCNCC2(C)C)s1. The molecule has 0 spiro atoms. The fraction of sp³-hybridized carbons (Fsp3) is 0.714. The van der Waals surface area contributed by atoms with Crippen molar-refractivity contribution in [2.45, 2.75) is 45.6 Å². The maximum atomic E-state index is 10.9. The van der Waals surface area contributed by atoms with Crippen molar-refractivity contribution < 1.29 is 5.11 Å². The summed E-state index contributed by atoms with van der Waals surface area (Å²) < 4.78 is 0. The lowest BCUT2D eigenvalue weighted by atomic mass is 9.69. The van der Waals surface area contributed by atoms with E-state index in [2.05, 4.69) is 38.2 Å². The third-order valence-electron chi connectivity index (χ3n) is 4.07. The van der Waals surface area contributed by atoms with Gasteiger partial charge in [0.2, 0.25) is 0 Å². The van der Waals surface area contributed by atoms with E-state index in [4.69, 9.17) is 0 Å². The molecule has 0 bridgehead atoms. The number of aryl methyl sites for hydroxylation is 1. The molecule has 96 valence electrons. The lowest BCUT2D eigenvalue weighted by Gasteiger charge is -2.46.